The molecule has 1 amide bonds. The molecule has 0 aliphatic carbocycles. The number of methoxy groups -OCH3 is 1. The Labute approximate surface area is 182 Å². The third-order valence-electron chi connectivity index (χ3n) is 4.67. The number of benzene rings is 2. The summed E-state index contributed by atoms with van der Waals surface area (Å²) in [5.41, 5.74) is 3.08. The highest BCUT2D eigenvalue weighted by molar-refractivity contribution is 7.14. The summed E-state index contributed by atoms with van der Waals surface area (Å²) in [5.74, 6) is 1.51. The molecule has 0 aliphatic rings. The van der Waals surface area contributed by atoms with Crippen molar-refractivity contribution in [2.24, 2.45) is 0 Å². The normalized spacial score (nSPS) is 11.2. The van der Waals surface area contributed by atoms with Crippen molar-refractivity contribution < 1.29 is 14.3 Å². The number of rotatable bonds is 8. The van der Waals surface area contributed by atoms with E-state index in [4.69, 9.17) is 9.47 Å². The van der Waals surface area contributed by atoms with E-state index in [9.17, 15) is 4.79 Å². The van der Waals surface area contributed by atoms with Gasteiger partial charge in [0.25, 0.3) is 0 Å². The summed E-state index contributed by atoms with van der Waals surface area (Å²) in [6.45, 7) is 7.04. The molecule has 158 valence electrons. The summed E-state index contributed by atoms with van der Waals surface area (Å²) in [4.78, 5) is 16.7. The van der Waals surface area contributed by atoms with Crippen LogP contribution < -0.4 is 14.8 Å². The number of amides is 1. The lowest BCUT2D eigenvalue weighted by Crippen LogP contribution is -2.13. The summed E-state index contributed by atoms with van der Waals surface area (Å²) in [5, 5.41) is 5.36. The van der Waals surface area contributed by atoms with Gasteiger partial charge in [-0.2, -0.15) is 0 Å². The van der Waals surface area contributed by atoms with Gasteiger partial charge >= 0.3 is 0 Å². The predicted molar refractivity (Wildman–Crippen MR) is 123 cm³/mol. The Balaban J connectivity index is 1.45. The van der Waals surface area contributed by atoms with E-state index >= 15 is 0 Å². The van der Waals surface area contributed by atoms with E-state index < -0.39 is 0 Å². The van der Waals surface area contributed by atoms with Crippen LogP contribution in [-0.4, -0.2) is 24.6 Å². The van der Waals surface area contributed by atoms with Gasteiger partial charge in [0.2, 0.25) is 5.91 Å². The van der Waals surface area contributed by atoms with Crippen molar-refractivity contribution in [2.45, 2.75) is 39.0 Å². The average Bonchev–Trinajstić information content (AvgIpc) is 3.19. The molecular weight excluding hydrogens is 396 g/mol. The zero-order valence-corrected chi connectivity index (χ0v) is 18.7. The molecule has 0 atom stereocenters. The number of carbonyl (C=O) groups is 1. The first-order chi connectivity index (χ1) is 14.4. The van der Waals surface area contributed by atoms with Crippen molar-refractivity contribution in [3.05, 3.63) is 59.5 Å². The Morgan fingerprint density at radius 3 is 2.53 bits per heavy atom. The monoisotopic (exact) mass is 424 g/mol. The van der Waals surface area contributed by atoms with Gasteiger partial charge in [-0.05, 0) is 41.7 Å². The molecule has 3 rings (SSSR count). The highest BCUT2D eigenvalue weighted by atomic mass is 32.1. The van der Waals surface area contributed by atoms with Crippen LogP contribution >= 0.6 is 11.3 Å². The number of anilines is 1. The van der Waals surface area contributed by atoms with E-state index in [1.165, 1.54) is 16.9 Å². The summed E-state index contributed by atoms with van der Waals surface area (Å²) in [7, 11) is 1.63. The lowest BCUT2D eigenvalue weighted by molar-refractivity contribution is -0.116. The van der Waals surface area contributed by atoms with Crippen LogP contribution in [0.15, 0.2) is 53.9 Å². The van der Waals surface area contributed by atoms with E-state index in [-0.39, 0.29) is 11.3 Å². The van der Waals surface area contributed by atoms with Crippen LogP contribution in [0.5, 0.6) is 11.5 Å². The van der Waals surface area contributed by atoms with Crippen LogP contribution in [0.1, 0.15) is 39.2 Å². The number of ether oxygens (including phenoxy) is 2. The Morgan fingerprint density at radius 2 is 1.83 bits per heavy atom. The molecule has 0 bridgehead atoms. The minimum Gasteiger partial charge on any atom is -0.496 e. The fraction of sp³-hybridized carbons (Fsp3) is 0.333. The molecule has 5 nitrogen and oxygen atoms in total. The molecule has 3 aromatic rings. The number of nitrogens with one attached hydrogen (secondary N) is 1. The Kier molecular flexibility index (Phi) is 7.11. The van der Waals surface area contributed by atoms with Crippen LogP contribution in [0.3, 0.4) is 0 Å². The van der Waals surface area contributed by atoms with Gasteiger partial charge < -0.3 is 14.8 Å². The van der Waals surface area contributed by atoms with Crippen LogP contribution in [0.2, 0.25) is 0 Å². The average molecular weight is 425 g/mol. The molecule has 30 heavy (non-hydrogen) atoms. The molecule has 0 saturated carbocycles. The van der Waals surface area contributed by atoms with Crippen LogP contribution in [0.25, 0.3) is 11.3 Å². The van der Waals surface area contributed by atoms with Crippen molar-refractivity contribution in [1.82, 2.24) is 4.98 Å². The number of carbonyl (C=O) groups excluding carboxylic acids is 1. The van der Waals surface area contributed by atoms with Crippen molar-refractivity contribution >= 4 is 22.4 Å². The highest BCUT2D eigenvalue weighted by Crippen LogP contribution is 2.32. The summed E-state index contributed by atoms with van der Waals surface area (Å²) >= 11 is 1.40. The Morgan fingerprint density at radius 1 is 1.10 bits per heavy atom. The number of thiazole rings is 1. The standard InChI is InChI=1S/C24H28N2O3S/c1-24(2,3)17-11-13-18(14-12-17)29-15-7-10-22(27)26-23-25-20(16-30-23)19-8-5-6-9-21(19)28-4/h5-6,8-9,11-14,16H,7,10,15H2,1-4H3,(H,25,26,27). The molecule has 0 radical (unpaired) electrons. The van der Waals surface area contributed by atoms with Gasteiger partial charge in [0.05, 0.1) is 19.4 Å². The van der Waals surface area contributed by atoms with E-state index in [0.29, 0.717) is 24.6 Å². The maximum absolute atomic E-state index is 12.2. The minimum atomic E-state index is -0.0670. The second kappa shape index (κ2) is 9.76. The molecule has 0 fully saturated rings. The van der Waals surface area contributed by atoms with Gasteiger partial charge in [-0.1, -0.05) is 45.0 Å². The smallest absolute Gasteiger partial charge is 0.226 e. The van der Waals surface area contributed by atoms with E-state index in [1.54, 1.807) is 7.11 Å². The maximum atomic E-state index is 12.2. The SMILES string of the molecule is COc1ccccc1-c1csc(NC(=O)CCCOc2ccc(C(C)(C)C)cc2)n1. The first kappa shape index (κ1) is 21.8. The van der Waals surface area contributed by atoms with Crippen molar-refractivity contribution in [1.29, 1.82) is 0 Å². The quantitative estimate of drug-likeness (QED) is 0.456. The van der Waals surface area contributed by atoms with E-state index in [2.05, 4.69) is 43.2 Å². The van der Waals surface area contributed by atoms with Crippen LogP contribution in [0, 0.1) is 0 Å². The largest absolute Gasteiger partial charge is 0.496 e. The second-order valence-corrected chi connectivity index (χ2v) is 8.87. The zero-order valence-electron chi connectivity index (χ0n) is 17.9. The fourth-order valence-electron chi connectivity index (χ4n) is 2.97. The third kappa shape index (κ3) is 5.83. The van der Waals surface area contributed by atoms with Crippen molar-refractivity contribution in [3.63, 3.8) is 0 Å². The molecule has 0 spiro atoms. The molecule has 1 heterocycles. The molecule has 0 unspecified atom stereocenters. The lowest BCUT2D eigenvalue weighted by Gasteiger charge is -2.19. The van der Waals surface area contributed by atoms with Crippen molar-refractivity contribution in [2.75, 3.05) is 19.0 Å². The fourth-order valence-corrected chi connectivity index (χ4v) is 3.69. The first-order valence-electron chi connectivity index (χ1n) is 9.99. The van der Waals surface area contributed by atoms with Gasteiger partial charge in [-0.3, -0.25) is 4.79 Å². The van der Waals surface area contributed by atoms with Gasteiger partial charge in [-0.15, -0.1) is 11.3 Å². The molecule has 0 aliphatic heterocycles. The van der Waals surface area contributed by atoms with Crippen molar-refractivity contribution in [3.8, 4) is 22.8 Å². The molecule has 0 saturated heterocycles. The first-order valence-corrected chi connectivity index (χ1v) is 10.9. The Bertz CT molecular complexity index is 975. The molecule has 6 heteroatoms. The molecule has 1 N–H and O–H groups in total. The molecule has 2 aromatic carbocycles. The number of hydrogen-bond donors (Lipinski definition) is 1. The van der Waals surface area contributed by atoms with Crippen LogP contribution in [-0.2, 0) is 10.2 Å². The predicted octanol–water partition coefficient (Wildman–Crippen LogP) is 5.91. The van der Waals surface area contributed by atoms with Crippen LogP contribution in [0.4, 0.5) is 5.13 Å². The second-order valence-electron chi connectivity index (χ2n) is 8.01. The minimum absolute atomic E-state index is 0.0670. The summed E-state index contributed by atoms with van der Waals surface area (Å²) in [6, 6.07) is 15.8. The van der Waals surface area contributed by atoms with E-state index in [1.807, 2.05) is 41.8 Å². The Hall–Kier alpha value is -2.86. The number of hydrogen-bond acceptors (Lipinski definition) is 5. The van der Waals surface area contributed by atoms with Gasteiger partial charge in [0.15, 0.2) is 5.13 Å². The zero-order chi connectivity index (χ0) is 21.6. The number of nitrogens with zero attached hydrogens (tertiary/aromatic N) is 1. The molecule has 1 aromatic heterocycles. The summed E-state index contributed by atoms with van der Waals surface area (Å²) < 4.78 is 11.1. The third-order valence-corrected chi connectivity index (χ3v) is 5.43. The van der Waals surface area contributed by atoms with Gasteiger partial charge in [0.1, 0.15) is 11.5 Å². The number of para-hydroxylation sites is 1. The topological polar surface area (TPSA) is 60.5 Å². The van der Waals surface area contributed by atoms with Gasteiger partial charge in [-0.25, -0.2) is 4.98 Å². The molecular formula is C24H28N2O3S. The maximum Gasteiger partial charge on any atom is 0.226 e. The van der Waals surface area contributed by atoms with E-state index in [0.717, 1.165) is 22.8 Å². The highest BCUT2D eigenvalue weighted by Gasteiger charge is 2.13. The van der Waals surface area contributed by atoms with Gasteiger partial charge in [0, 0.05) is 17.4 Å². The summed E-state index contributed by atoms with van der Waals surface area (Å²) in [6.07, 6.45) is 1.02. The number of aromatic nitrogens is 1. The lowest BCUT2D eigenvalue weighted by atomic mass is 9.87.